The lowest BCUT2D eigenvalue weighted by molar-refractivity contribution is 0.0938. The van der Waals surface area contributed by atoms with Gasteiger partial charge in [0.25, 0.3) is 15.9 Å². The molecule has 0 saturated carbocycles. The number of aromatic nitrogens is 2. The van der Waals surface area contributed by atoms with Crippen molar-refractivity contribution in [3.05, 3.63) is 76.8 Å². The van der Waals surface area contributed by atoms with E-state index in [0.717, 1.165) is 0 Å². The predicted molar refractivity (Wildman–Crippen MR) is 97.8 cm³/mol. The molecular weight excluding hydrogens is 399 g/mol. The second-order valence-electron chi connectivity index (χ2n) is 5.12. The van der Waals surface area contributed by atoms with Crippen LogP contribution in [0.2, 0.25) is 10.0 Å². The number of rotatable bonds is 5. The highest BCUT2D eigenvalue weighted by atomic mass is 35.5. The zero-order valence-electron chi connectivity index (χ0n) is 13.1. The van der Waals surface area contributed by atoms with Gasteiger partial charge in [-0.3, -0.25) is 14.8 Å². The molecule has 0 fully saturated rings. The summed E-state index contributed by atoms with van der Waals surface area (Å²) in [5.74, 6) is -0.671. The number of imidazole rings is 1. The molecule has 134 valence electrons. The maximum absolute atomic E-state index is 12.4. The molecule has 0 atom stereocenters. The van der Waals surface area contributed by atoms with Gasteiger partial charge in [-0.1, -0.05) is 41.4 Å². The Hall–Kier alpha value is -2.39. The second kappa shape index (κ2) is 7.46. The number of halogens is 2. The molecule has 2 aromatic carbocycles. The topological polar surface area (TPSA) is 93.1 Å². The monoisotopic (exact) mass is 410 g/mol. The van der Waals surface area contributed by atoms with Gasteiger partial charge in [0.1, 0.15) is 5.69 Å². The fraction of sp³-hybridized carbons (Fsp3) is 0. The standard InChI is InChI=1S/C16H12Cl2N4O3S/c17-13-7-6-12(8-14(13)18)26(24,25)21-20-16(23)15-9-19-10-22(15)11-4-2-1-3-5-11/h1-10,21H,(H,20,23). The van der Waals surface area contributed by atoms with Gasteiger partial charge in [-0.2, -0.15) is 0 Å². The van der Waals surface area contributed by atoms with Gasteiger partial charge in [0.2, 0.25) is 0 Å². The minimum atomic E-state index is -4.02. The van der Waals surface area contributed by atoms with E-state index in [1.165, 1.54) is 35.3 Å². The van der Waals surface area contributed by atoms with Gasteiger partial charge in [0.15, 0.2) is 0 Å². The fourth-order valence-electron chi connectivity index (χ4n) is 2.14. The summed E-state index contributed by atoms with van der Waals surface area (Å²) >= 11 is 11.6. The molecule has 7 nitrogen and oxygen atoms in total. The lowest BCUT2D eigenvalue weighted by Gasteiger charge is -2.11. The number of nitrogens with one attached hydrogen (secondary N) is 2. The molecule has 3 rings (SSSR count). The van der Waals surface area contributed by atoms with Crippen LogP contribution in [0.25, 0.3) is 5.69 Å². The van der Waals surface area contributed by atoms with Gasteiger partial charge in [-0.25, -0.2) is 13.4 Å². The summed E-state index contributed by atoms with van der Waals surface area (Å²) in [6, 6.07) is 12.9. The van der Waals surface area contributed by atoms with Crippen LogP contribution in [0.15, 0.2) is 66.0 Å². The molecule has 0 saturated heterocycles. The molecular formula is C16H12Cl2N4O3S. The van der Waals surface area contributed by atoms with Crippen molar-refractivity contribution >= 4 is 39.1 Å². The fourth-order valence-corrected chi connectivity index (χ4v) is 3.37. The normalized spacial score (nSPS) is 11.3. The number of benzene rings is 2. The van der Waals surface area contributed by atoms with Crippen molar-refractivity contribution in [3.8, 4) is 5.69 Å². The Kier molecular flexibility index (Phi) is 5.28. The number of carbonyl (C=O) groups excluding carboxylic acids is 1. The first-order valence-corrected chi connectivity index (χ1v) is 9.47. The van der Waals surface area contributed by atoms with Crippen LogP contribution in [0, 0.1) is 0 Å². The van der Waals surface area contributed by atoms with E-state index < -0.39 is 15.9 Å². The molecule has 1 aromatic heterocycles. The summed E-state index contributed by atoms with van der Waals surface area (Å²) in [5, 5.41) is 0.310. The quantitative estimate of drug-likeness (QED) is 0.632. The van der Waals surface area contributed by atoms with Crippen molar-refractivity contribution in [2.24, 2.45) is 0 Å². The van der Waals surface area contributed by atoms with Crippen molar-refractivity contribution in [2.75, 3.05) is 0 Å². The molecule has 1 amide bonds. The summed E-state index contributed by atoms with van der Waals surface area (Å²) in [6.07, 6.45) is 2.79. The van der Waals surface area contributed by atoms with Crippen LogP contribution >= 0.6 is 23.2 Å². The number of hydrogen-bond donors (Lipinski definition) is 2. The van der Waals surface area contributed by atoms with Gasteiger partial charge in [-0.15, -0.1) is 4.83 Å². The second-order valence-corrected chi connectivity index (χ2v) is 7.62. The molecule has 2 N–H and O–H groups in total. The number of para-hydroxylation sites is 1. The Morgan fingerprint density at radius 1 is 1.04 bits per heavy atom. The SMILES string of the molecule is O=C(NNS(=O)(=O)c1ccc(Cl)c(Cl)c1)c1cncn1-c1ccccc1. The van der Waals surface area contributed by atoms with Gasteiger partial charge in [0, 0.05) is 5.69 Å². The molecule has 0 unspecified atom stereocenters. The average Bonchev–Trinajstić information content (AvgIpc) is 3.12. The first-order valence-electron chi connectivity index (χ1n) is 7.23. The summed E-state index contributed by atoms with van der Waals surface area (Å²) in [7, 11) is -4.02. The van der Waals surface area contributed by atoms with Crippen molar-refractivity contribution in [1.29, 1.82) is 0 Å². The lowest BCUT2D eigenvalue weighted by Crippen LogP contribution is -2.42. The lowest BCUT2D eigenvalue weighted by atomic mass is 10.3. The Balaban J connectivity index is 1.77. The van der Waals surface area contributed by atoms with E-state index in [0.29, 0.717) is 5.69 Å². The number of amides is 1. The highest BCUT2D eigenvalue weighted by molar-refractivity contribution is 7.89. The van der Waals surface area contributed by atoms with Crippen molar-refractivity contribution in [3.63, 3.8) is 0 Å². The molecule has 0 aliphatic heterocycles. The number of nitrogens with zero attached hydrogens (tertiary/aromatic N) is 2. The van der Waals surface area contributed by atoms with E-state index in [9.17, 15) is 13.2 Å². The Labute approximate surface area is 159 Å². The highest BCUT2D eigenvalue weighted by Crippen LogP contribution is 2.24. The Bertz CT molecular complexity index is 1050. The first-order chi connectivity index (χ1) is 12.4. The minimum Gasteiger partial charge on any atom is -0.295 e. The summed E-state index contributed by atoms with van der Waals surface area (Å²) in [4.78, 5) is 18.2. The summed E-state index contributed by atoms with van der Waals surface area (Å²) in [5.41, 5.74) is 3.03. The number of sulfonamides is 1. The van der Waals surface area contributed by atoms with E-state index in [1.807, 2.05) is 23.0 Å². The van der Waals surface area contributed by atoms with E-state index >= 15 is 0 Å². The molecule has 3 aromatic rings. The minimum absolute atomic E-state index is 0.0861. The van der Waals surface area contributed by atoms with Crippen LogP contribution in [0.3, 0.4) is 0 Å². The smallest absolute Gasteiger partial charge is 0.284 e. The van der Waals surface area contributed by atoms with Crippen LogP contribution in [0.4, 0.5) is 0 Å². The van der Waals surface area contributed by atoms with E-state index in [2.05, 4.69) is 10.4 Å². The Morgan fingerprint density at radius 2 is 1.77 bits per heavy atom. The summed E-state index contributed by atoms with van der Waals surface area (Å²) in [6.45, 7) is 0. The molecule has 0 aliphatic rings. The van der Waals surface area contributed by atoms with Crippen molar-refractivity contribution < 1.29 is 13.2 Å². The summed E-state index contributed by atoms with van der Waals surface area (Å²) < 4.78 is 26.1. The predicted octanol–water partition coefficient (Wildman–Crippen LogP) is 2.80. The number of hydrazine groups is 1. The van der Waals surface area contributed by atoms with Crippen LogP contribution < -0.4 is 10.3 Å². The Morgan fingerprint density at radius 3 is 2.46 bits per heavy atom. The zero-order valence-corrected chi connectivity index (χ0v) is 15.4. The maximum atomic E-state index is 12.4. The number of carbonyl (C=O) groups is 1. The number of hydrogen-bond acceptors (Lipinski definition) is 4. The molecule has 1 heterocycles. The van der Waals surface area contributed by atoms with E-state index in [-0.39, 0.29) is 20.6 Å². The largest absolute Gasteiger partial charge is 0.295 e. The van der Waals surface area contributed by atoms with E-state index in [1.54, 1.807) is 12.1 Å². The third-order valence-electron chi connectivity index (χ3n) is 3.41. The van der Waals surface area contributed by atoms with Gasteiger partial charge >= 0.3 is 0 Å². The van der Waals surface area contributed by atoms with Crippen LogP contribution in [-0.4, -0.2) is 23.9 Å². The highest BCUT2D eigenvalue weighted by Gasteiger charge is 2.19. The zero-order chi connectivity index (χ0) is 18.7. The van der Waals surface area contributed by atoms with Crippen LogP contribution in [0.5, 0.6) is 0 Å². The molecule has 0 aliphatic carbocycles. The third-order valence-corrected chi connectivity index (χ3v) is 5.39. The molecule has 0 bridgehead atoms. The maximum Gasteiger partial charge on any atom is 0.284 e. The van der Waals surface area contributed by atoms with Crippen LogP contribution in [0.1, 0.15) is 10.5 Å². The third kappa shape index (κ3) is 3.88. The van der Waals surface area contributed by atoms with Crippen LogP contribution in [-0.2, 0) is 10.0 Å². The first kappa shape index (κ1) is 18.4. The van der Waals surface area contributed by atoms with Gasteiger partial charge in [-0.05, 0) is 30.3 Å². The van der Waals surface area contributed by atoms with E-state index in [4.69, 9.17) is 23.2 Å². The molecule has 0 spiro atoms. The van der Waals surface area contributed by atoms with Crippen molar-refractivity contribution in [2.45, 2.75) is 4.90 Å². The van der Waals surface area contributed by atoms with Crippen molar-refractivity contribution in [1.82, 2.24) is 19.8 Å². The molecule has 10 heteroatoms. The molecule has 0 radical (unpaired) electrons. The molecule has 26 heavy (non-hydrogen) atoms. The average molecular weight is 411 g/mol. The van der Waals surface area contributed by atoms with Gasteiger partial charge < -0.3 is 0 Å². The van der Waals surface area contributed by atoms with Gasteiger partial charge in [0.05, 0.1) is 27.5 Å².